The maximum atomic E-state index is 13.1. The molecule has 0 aliphatic carbocycles. The molecule has 3 atom stereocenters. The van der Waals surface area contributed by atoms with Crippen molar-refractivity contribution in [3.05, 3.63) is 58.3 Å². The van der Waals surface area contributed by atoms with Crippen LogP contribution >= 0.6 is 15.9 Å². The molecule has 142 valence electrons. The summed E-state index contributed by atoms with van der Waals surface area (Å²) in [6, 6.07) is 11.5. The number of fused-ring (bicyclic) bond motifs is 3. The second-order valence-corrected chi connectivity index (χ2v) is 8.01. The molecule has 2 aliphatic heterocycles. The van der Waals surface area contributed by atoms with E-state index in [-0.39, 0.29) is 36.5 Å². The second kappa shape index (κ2) is 7.13. The molecule has 2 aromatic carbocycles. The van der Waals surface area contributed by atoms with Gasteiger partial charge in [-0.2, -0.15) is 0 Å². The van der Waals surface area contributed by atoms with Gasteiger partial charge in [-0.1, -0.05) is 15.9 Å². The highest BCUT2D eigenvalue weighted by Gasteiger charge is 2.47. The van der Waals surface area contributed by atoms with Crippen LogP contribution in [0.3, 0.4) is 0 Å². The van der Waals surface area contributed by atoms with Crippen molar-refractivity contribution >= 4 is 33.3 Å². The minimum absolute atomic E-state index is 0.0349. The molecule has 0 spiro atoms. The normalized spacial score (nSPS) is 23.8. The van der Waals surface area contributed by atoms with Crippen LogP contribution < -0.4 is 10.2 Å². The van der Waals surface area contributed by atoms with Crippen LogP contribution in [-0.2, 0) is 0 Å². The highest BCUT2D eigenvalue weighted by Crippen LogP contribution is 2.49. The largest absolute Gasteiger partial charge is 0.394 e. The average molecular weight is 434 g/mol. The minimum atomic E-state index is -0.339. The van der Waals surface area contributed by atoms with E-state index in [1.807, 2.05) is 24.1 Å². The monoisotopic (exact) mass is 433 g/mol. The topological polar surface area (TPSA) is 55.8 Å². The molecule has 4 rings (SSSR count). The number of nitrogens with one attached hydrogen (secondary N) is 1. The van der Waals surface area contributed by atoms with Crippen molar-refractivity contribution in [1.29, 1.82) is 0 Å². The van der Waals surface area contributed by atoms with E-state index in [2.05, 4.69) is 32.2 Å². The number of urea groups is 1. The van der Waals surface area contributed by atoms with Gasteiger partial charge in [-0.3, -0.25) is 0 Å². The van der Waals surface area contributed by atoms with Crippen molar-refractivity contribution in [3.63, 3.8) is 0 Å². The van der Waals surface area contributed by atoms with Crippen LogP contribution in [0.1, 0.15) is 18.0 Å². The Labute approximate surface area is 165 Å². The molecule has 1 saturated heterocycles. The third-order valence-electron chi connectivity index (χ3n) is 5.67. The first-order chi connectivity index (χ1) is 13.0. The number of hydrogen-bond donors (Lipinski definition) is 2. The Bertz CT molecular complexity index is 861. The van der Waals surface area contributed by atoms with E-state index in [4.69, 9.17) is 0 Å². The first-order valence-corrected chi connectivity index (χ1v) is 9.75. The molecule has 7 heteroatoms. The van der Waals surface area contributed by atoms with Crippen LogP contribution in [0.15, 0.2) is 46.9 Å². The van der Waals surface area contributed by atoms with E-state index in [1.54, 1.807) is 12.1 Å². The Morgan fingerprint density at radius 3 is 2.74 bits per heavy atom. The van der Waals surface area contributed by atoms with Crippen LogP contribution in [0.4, 0.5) is 20.6 Å². The van der Waals surface area contributed by atoms with Gasteiger partial charge in [0.25, 0.3) is 0 Å². The molecular weight excluding hydrogens is 413 g/mol. The summed E-state index contributed by atoms with van der Waals surface area (Å²) in [6.07, 6.45) is 0.822. The Morgan fingerprint density at radius 1 is 1.30 bits per heavy atom. The number of amides is 2. The molecule has 27 heavy (non-hydrogen) atoms. The predicted octanol–water partition coefficient (Wildman–Crippen LogP) is 3.99. The molecule has 0 saturated carbocycles. The summed E-state index contributed by atoms with van der Waals surface area (Å²) in [4.78, 5) is 16.9. The molecule has 0 unspecified atom stereocenters. The zero-order valence-electron chi connectivity index (χ0n) is 14.9. The fourth-order valence-electron chi connectivity index (χ4n) is 4.38. The van der Waals surface area contributed by atoms with Crippen molar-refractivity contribution in [3.8, 4) is 0 Å². The van der Waals surface area contributed by atoms with Crippen molar-refractivity contribution < 1.29 is 14.3 Å². The number of likely N-dealkylation sites (tertiary alicyclic amines) is 1. The van der Waals surface area contributed by atoms with Gasteiger partial charge in [-0.25, -0.2) is 9.18 Å². The summed E-state index contributed by atoms with van der Waals surface area (Å²) in [5, 5.41) is 12.8. The van der Waals surface area contributed by atoms with Gasteiger partial charge < -0.3 is 20.2 Å². The molecule has 1 fully saturated rings. The Balaban J connectivity index is 1.67. The smallest absolute Gasteiger partial charge is 0.322 e. The second-order valence-electron chi connectivity index (χ2n) is 7.09. The fourth-order valence-corrected chi connectivity index (χ4v) is 4.76. The number of halogens is 2. The van der Waals surface area contributed by atoms with Gasteiger partial charge in [0.1, 0.15) is 5.82 Å². The van der Waals surface area contributed by atoms with E-state index in [9.17, 15) is 14.3 Å². The van der Waals surface area contributed by atoms with E-state index >= 15 is 0 Å². The fraction of sp³-hybridized carbons (Fsp3) is 0.350. The summed E-state index contributed by atoms with van der Waals surface area (Å²) in [6.45, 7) is 0.652. The number of nitrogens with zero attached hydrogens (tertiary/aromatic N) is 2. The molecule has 2 N–H and O–H groups in total. The molecular formula is C20H21BrFN3O2. The predicted molar refractivity (Wildman–Crippen MR) is 106 cm³/mol. The van der Waals surface area contributed by atoms with Crippen molar-refractivity contribution in [2.75, 3.05) is 30.4 Å². The summed E-state index contributed by atoms with van der Waals surface area (Å²) < 4.78 is 14.1. The number of hydrogen-bond acceptors (Lipinski definition) is 3. The highest BCUT2D eigenvalue weighted by atomic mass is 79.9. The molecule has 0 bridgehead atoms. The van der Waals surface area contributed by atoms with Gasteiger partial charge in [-0.15, -0.1) is 0 Å². The van der Waals surface area contributed by atoms with Gasteiger partial charge in [0.05, 0.1) is 18.7 Å². The Hall–Kier alpha value is -2.12. The number of carbonyl (C=O) groups is 1. The number of anilines is 2. The summed E-state index contributed by atoms with van der Waals surface area (Å²) in [7, 11) is 1.99. The van der Waals surface area contributed by atoms with Crippen molar-refractivity contribution in [1.82, 2.24) is 4.90 Å². The quantitative estimate of drug-likeness (QED) is 0.752. The van der Waals surface area contributed by atoms with Crippen LogP contribution in [0.25, 0.3) is 0 Å². The van der Waals surface area contributed by atoms with Gasteiger partial charge in [0, 0.05) is 35.4 Å². The highest BCUT2D eigenvalue weighted by molar-refractivity contribution is 9.10. The van der Waals surface area contributed by atoms with E-state index in [1.165, 1.54) is 12.1 Å². The van der Waals surface area contributed by atoms with Crippen molar-refractivity contribution in [2.45, 2.75) is 18.5 Å². The van der Waals surface area contributed by atoms with Gasteiger partial charge in [-0.05, 0) is 54.4 Å². The lowest BCUT2D eigenvalue weighted by molar-refractivity contribution is 0.168. The minimum Gasteiger partial charge on any atom is -0.394 e. The lowest BCUT2D eigenvalue weighted by atomic mass is 9.82. The number of carbonyl (C=O) groups excluding carboxylic acids is 1. The molecule has 2 heterocycles. The zero-order chi connectivity index (χ0) is 19.1. The lowest BCUT2D eigenvalue weighted by Gasteiger charge is -2.44. The van der Waals surface area contributed by atoms with Crippen LogP contribution in [-0.4, -0.2) is 42.3 Å². The third kappa shape index (κ3) is 3.19. The number of rotatable bonds is 2. The Morgan fingerprint density at radius 2 is 2.04 bits per heavy atom. The summed E-state index contributed by atoms with van der Waals surface area (Å²) in [5.41, 5.74) is 2.67. The van der Waals surface area contributed by atoms with E-state index in [0.717, 1.165) is 22.1 Å². The van der Waals surface area contributed by atoms with Crippen LogP contribution in [0.5, 0.6) is 0 Å². The third-order valence-corrected chi connectivity index (χ3v) is 6.16. The van der Waals surface area contributed by atoms with Crippen LogP contribution in [0.2, 0.25) is 0 Å². The van der Waals surface area contributed by atoms with Crippen molar-refractivity contribution in [2.24, 2.45) is 5.92 Å². The first-order valence-electron chi connectivity index (χ1n) is 8.96. The SMILES string of the molecule is CN1c2ccc(Br)cc2[C@@H]2[C@@H](CCN2C(=O)Nc2ccc(F)cc2)[C@@H]1CO. The maximum absolute atomic E-state index is 13.1. The zero-order valence-corrected chi connectivity index (χ0v) is 16.5. The van der Waals surface area contributed by atoms with Gasteiger partial charge >= 0.3 is 6.03 Å². The Kier molecular flexibility index (Phi) is 4.82. The average Bonchev–Trinajstić information content (AvgIpc) is 3.09. The standard InChI is InChI=1S/C20H21BrFN3O2/c1-24-17-7-2-12(21)10-16(17)19-15(18(24)11-26)8-9-25(19)20(27)23-14-5-3-13(22)4-6-14/h2-7,10,15,18-19,26H,8-9,11H2,1H3,(H,23,27)/t15-,18-,19-/m0/s1. The first kappa shape index (κ1) is 18.3. The number of likely N-dealkylation sites (N-methyl/N-ethyl adjacent to an activating group) is 1. The maximum Gasteiger partial charge on any atom is 0.322 e. The summed E-state index contributed by atoms with van der Waals surface area (Å²) in [5.74, 6) is -0.185. The molecule has 2 aromatic rings. The van der Waals surface area contributed by atoms with E-state index in [0.29, 0.717) is 12.2 Å². The molecule has 0 aromatic heterocycles. The number of aliphatic hydroxyl groups is 1. The van der Waals surface area contributed by atoms with Gasteiger partial charge in [0.15, 0.2) is 0 Å². The molecule has 2 amide bonds. The van der Waals surface area contributed by atoms with Crippen LogP contribution in [0, 0.1) is 11.7 Å². The molecule has 0 radical (unpaired) electrons. The molecule has 2 aliphatic rings. The number of benzene rings is 2. The summed E-state index contributed by atoms with van der Waals surface area (Å²) >= 11 is 3.53. The molecule has 5 nitrogen and oxygen atoms in total. The lowest BCUT2D eigenvalue weighted by Crippen LogP contribution is -2.48. The van der Waals surface area contributed by atoms with E-state index < -0.39 is 0 Å². The number of aliphatic hydroxyl groups excluding tert-OH is 1. The van der Waals surface area contributed by atoms with Gasteiger partial charge in [0.2, 0.25) is 0 Å².